The van der Waals surface area contributed by atoms with E-state index in [4.69, 9.17) is 19.2 Å². The summed E-state index contributed by atoms with van der Waals surface area (Å²) >= 11 is 0. The molecule has 4 heterocycles. The minimum atomic E-state index is -0.781. The van der Waals surface area contributed by atoms with Crippen molar-refractivity contribution in [2.24, 2.45) is 23.7 Å². The Morgan fingerprint density at radius 2 is 1.85 bits per heavy atom. The highest BCUT2D eigenvalue weighted by molar-refractivity contribution is 5.08. The molecule has 2 unspecified atom stereocenters. The molecule has 114 valence electrons. The van der Waals surface area contributed by atoms with Crippen LogP contribution in [0.25, 0.3) is 0 Å². The van der Waals surface area contributed by atoms with Crippen molar-refractivity contribution in [2.45, 2.75) is 70.4 Å². The Balaban J connectivity index is 1.82. The molecule has 1 aliphatic carbocycles. The van der Waals surface area contributed by atoms with Crippen molar-refractivity contribution < 1.29 is 24.4 Å². The minimum absolute atomic E-state index is 0.0379. The van der Waals surface area contributed by atoms with Crippen LogP contribution in [0.2, 0.25) is 0 Å². The van der Waals surface area contributed by atoms with Gasteiger partial charge in [-0.2, -0.15) is 0 Å². The van der Waals surface area contributed by atoms with Gasteiger partial charge in [0.25, 0.3) is 0 Å². The largest absolute Gasteiger partial charge is 0.368 e. The fourth-order valence-corrected chi connectivity index (χ4v) is 4.89. The van der Waals surface area contributed by atoms with Crippen LogP contribution in [0.15, 0.2) is 0 Å². The zero-order valence-corrected chi connectivity index (χ0v) is 12.4. The summed E-state index contributed by atoms with van der Waals surface area (Å²) in [7, 11) is 0. The van der Waals surface area contributed by atoms with Crippen molar-refractivity contribution in [3.8, 4) is 0 Å². The Morgan fingerprint density at radius 1 is 1.05 bits per heavy atom. The summed E-state index contributed by atoms with van der Waals surface area (Å²) in [4.78, 5) is 11.6. The molecule has 0 aromatic heterocycles. The van der Waals surface area contributed by atoms with E-state index in [1.807, 2.05) is 13.8 Å². The second kappa shape index (κ2) is 4.17. The second-order valence-electron chi connectivity index (χ2n) is 7.30. The smallest absolute Gasteiger partial charge is 0.201 e. The first-order chi connectivity index (χ1) is 9.46. The van der Waals surface area contributed by atoms with Gasteiger partial charge < -0.3 is 14.6 Å². The van der Waals surface area contributed by atoms with Crippen LogP contribution >= 0.6 is 0 Å². The highest BCUT2D eigenvalue weighted by Gasteiger charge is 2.69. The van der Waals surface area contributed by atoms with Crippen LogP contribution in [-0.2, 0) is 19.2 Å². The predicted molar refractivity (Wildman–Crippen MR) is 69.0 cm³/mol. The SMILES string of the molecule is C[C@@H]1CC[C@H]2[C@@H](C)C(O)O[C@@H]3OC4(C)CC[C@@H]1[C@]32OO4. The fraction of sp³-hybridized carbons (Fsp3) is 1.00. The number of ether oxygens (including phenoxy) is 2. The number of fused-ring (bicyclic) bond motifs is 2. The van der Waals surface area contributed by atoms with Crippen LogP contribution in [0.5, 0.6) is 0 Å². The second-order valence-corrected chi connectivity index (χ2v) is 7.30. The molecule has 8 atom stereocenters. The van der Waals surface area contributed by atoms with E-state index in [0.29, 0.717) is 11.8 Å². The number of rotatable bonds is 0. The van der Waals surface area contributed by atoms with E-state index in [2.05, 4.69) is 6.92 Å². The van der Waals surface area contributed by atoms with Crippen molar-refractivity contribution >= 4 is 0 Å². The minimum Gasteiger partial charge on any atom is -0.368 e. The number of hydrogen-bond donors (Lipinski definition) is 1. The van der Waals surface area contributed by atoms with E-state index >= 15 is 0 Å². The zero-order valence-electron chi connectivity index (χ0n) is 12.4. The van der Waals surface area contributed by atoms with Gasteiger partial charge in [-0.3, -0.25) is 0 Å². The van der Waals surface area contributed by atoms with Gasteiger partial charge in [0.05, 0.1) is 0 Å². The Hall–Kier alpha value is -0.200. The van der Waals surface area contributed by atoms with Gasteiger partial charge in [-0.05, 0) is 38.0 Å². The molecule has 5 rings (SSSR count). The summed E-state index contributed by atoms with van der Waals surface area (Å²) in [6, 6.07) is 0. The Kier molecular flexibility index (Phi) is 2.81. The monoisotopic (exact) mass is 284 g/mol. The normalized spacial score (nSPS) is 61.8. The van der Waals surface area contributed by atoms with Gasteiger partial charge in [0.1, 0.15) is 0 Å². The van der Waals surface area contributed by atoms with E-state index in [1.54, 1.807) is 0 Å². The summed E-state index contributed by atoms with van der Waals surface area (Å²) in [5, 5.41) is 10.2. The number of aliphatic hydroxyl groups excluding tert-OH is 1. The van der Waals surface area contributed by atoms with Gasteiger partial charge in [-0.15, -0.1) is 0 Å². The van der Waals surface area contributed by atoms with Gasteiger partial charge in [-0.1, -0.05) is 13.8 Å². The maximum atomic E-state index is 10.2. The van der Waals surface area contributed by atoms with Crippen molar-refractivity contribution in [1.29, 1.82) is 0 Å². The van der Waals surface area contributed by atoms with Crippen molar-refractivity contribution in [3.63, 3.8) is 0 Å². The lowest BCUT2D eigenvalue weighted by Gasteiger charge is -2.59. The molecule has 5 fully saturated rings. The first-order valence-electron chi connectivity index (χ1n) is 7.84. The molecule has 4 saturated heterocycles. The third-order valence-corrected chi connectivity index (χ3v) is 6.12. The Morgan fingerprint density at radius 3 is 2.65 bits per heavy atom. The first kappa shape index (κ1) is 13.5. The molecule has 0 aromatic carbocycles. The maximum absolute atomic E-state index is 10.2. The lowest BCUT2D eigenvalue weighted by Crippen LogP contribution is -2.70. The van der Waals surface area contributed by atoms with Crippen molar-refractivity contribution in [2.75, 3.05) is 0 Å². The lowest BCUT2D eigenvalue weighted by atomic mass is 9.58. The molecule has 5 nitrogen and oxygen atoms in total. The maximum Gasteiger partial charge on any atom is 0.201 e. The summed E-state index contributed by atoms with van der Waals surface area (Å²) in [5.74, 6) is 0.437. The molecule has 5 heteroatoms. The molecular weight excluding hydrogens is 260 g/mol. The zero-order chi connectivity index (χ0) is 14.1. The van der Waals surface area contributed by atoms with Gasteiger partial charge in [0.15, 0.2) is 18.2 Å². The Bertz CT molecular complexity index is 411. The highest BCUT2D eigenvalue weighted by Crippen LogP contribution is 2.60. The lowest BCUT2D eigenvalue weighted by molar-refractivity contribution is -0.576. The average molecular weight is 284 g/mol. The molecule has 4 aliphatic heterocycles. The van der Waals surface area contributed by atoms with Crippen LogP contribution in [0.1, 0.15) is 46.5 Å². The van der Waals surface area contributed by atoms with Crippen LogP contribution < -0.4 is 0 Å². The molecule has 0 amide bonds. The molecule has 0 aromatic rings. The standard InChI is InChI=1S/C15H24O5/c1-8-4-5-11-9(2)12(16)17-13-15(11)10(8)6-7-14(3,18-13)19-20-15/h8-13,16H,4-7H2,1-3H3/t8-,9-,10+,11+,12?,13-,14?,15-/m1/s1. The number of hydrogen-bond acceptors (Lipinski definition) is 5. The summed E-state index contributed by atoms with van der Waals surface area (Å²) in [6.07, 6.45) is 2.72. The van der Waals surface area contributed by atoms with E-state index in [9.17, 15) is 5.11 Å². The molecule has 1 spiro atoms. The quantitative estimate of drug-likeness (QED) is 0.691. The van der Waals surface area contributed by atoms with Crippen LogP contribution in [0.4, 0.5) is 0 Å². The van der Waals surface area contributed by atoms with Crippen LogP contribution in [-0.4, -0.2) is 29.1 Å². The van der Waals surface area contributed by atoms with Gasteiger partial charge in [0, 0.05) is 18.3 Å². The third-order valence-electron chi connectivity index (χ3n) is 6.12. The van der Waals surface area contributed by atoms with Gasteiger partial charge in [-0.25, -0.2) is 9.78 Å². The molecular formula is C15H24O5. The van der Waals surface area contributed by atoms with Crippen molar-refractivity contribution in [3.05, 3.63) is 0 Å². The van der Waals surface area contributed by atoms with Gasteiger partial charge in [0.2, 0.25) is 5.79 Å². The van der Waals surface area contributed by atoms with Crippen LogP contribution in [0.3, 0.4) is 0 Å². The van der Waals surface area contributed by atoms with E-state index in [-0.39, 0.29) is 11.8 Å². The first-order valence-corrected chi connectivity index (χ1v) is 7.84. The predicted octanol–water partition coefficient (Wildman–Crippen LogP) is 2.19. The summed E-state index contributed by atoms with van der Waals surface area (Å²) < 4.78 is 11.9. The van der Waals surface area contributed by atoms with E-state index in [0.717, 1.165) is 19.3 Å². The molecule has 1 N–H and O–H groups in total. The highest BCUT2D eigenvalue weighted by atomic mass is 17.3. The van der Waals surface area contributed by atoms with Crippen molar-refractivity contribution in [1.82, 2.24) is 0 Å². The van der Waals surface area contributed by atoms with E-state index in [1.165, 1.54) is 6.42 Å². The summed E-state index contributed by atoms with van der Waals surface area (Å²) in [5.41, 5.74) is -0.549. The molecule has 20 heavy (non-hydrogen) atoms. The van der Waals surface area contributed by atoms with Crippen LogP contribution in [0, 0.1) is 23.7 Å². The number of aliphatic hydroxyl groups is 1. The third kappa shape index (κ3) is 1.56. The average Bonchev–Trinajstić information content (AvgIpc) is 2.63. The molecule has 2 bridgehead atoms. The van der Waals surface area contributed by atoms with Gasteiger partial charge >= 0.3 is 0 Å². The summed E-state index contributed by atoms with van der Waals surface area (Å²) in [6.45, 7) is 6.22. The van der Waals surface area contributed by atoms with E-state index < -0.39 is 24.0 Å². The fourth-order valence-electron chi connectivity index (χ4n) is 4.89. The topological polar surface area (TPSA) is 57.2 Å². The molecule has 1 saturated carbocycles. The molecule has 0 radical (unpaired) electrons. The Labute approximate surface area is 119 Å². The molecule has 5 aliphatic rings.